The molecule has 34 heavy (non-hydrogen) atoms. The van der Waals surface area contributed by atoms with Crippen molar-refractivity contribution in [3.05, 3.63) is 118 Å². The summed E-state index contributed by atoms with van der Waals surface area (Å²) >= 11 is 12.3. The van der Waals surface area contributed by atoms with E-state index in [-0.39, 0.29) is 0 Å². The molecule has 0 bridgehead atoms. The number of rotatable bonds is 4. The Morgan fingerprint density at radius 2 is 1.21 bits per heavy atom. The van der Waals surface area contributed by atoms with E-state index in [9.17, 15) is 0 Å². The summed E-state index contributed by atoms with van der Waals surface area (Å²) in [5.41, 5.74) is 9.39. The number of H-pyrrole nitrogens is 1. The van der Waals surface area contributed by atoms with E-state index in [1.807, 2.05) is 48.5 Å². The van der Waals surface area contributed by atoms with Crippen molar-refractivity contribution in [3.63, 3.8) is 0 Å². The van der Waals surface area contributed by atoms with Crippen LogP contribution in [0.2, 0.25) is 10.0 Å². The fraction of sp³-hybridized carbons (Fsp3) is 0.0667. The fourth-order valence-electron chi connectivity index (χ4n) is 4.73. The second kappa shape index (κ2) is 8.72. The number of allylic oxidation sites excluding steroid dienone is 1. The number of hydrogen-bond acceptors (Lipinski definition) is 1. The van der Waals surface area contributed by atoms with E-state index in [1.54, 1.807) is 0 Å². The van der Waals surface area contributed by atoms with Gasteiger partial charge in [0.05, 0.1) is 0 Å². The minimum Gasteiger partial charge on any atom is -0.355 e. The summed E-state index contributed by atoms with van der Waals surface area (Å²) in [6, 6.07) is 31.2. The highest BCUT2D eigenvalue weighted by atomic mass is 35.5. The van der Waals surface area contributed by atoms with Gasteiger partial charge in [-0.3, -0.25) is 0 Å². The topological polar surface area (TPSA) is 19.0 Å². The molecule has 1 aliphatic rings. The molecule has 1 aliphatic carbocycles. The number of benzene rings is 4. The Morgan fingerprint density at radius 3 is 1.82 bits per heavy atom. The summed E-state index contributed by atoms with van der Waals surface area (Å²) in [5, 5.41) is 2.76. The van der Waals surface area contributed by atoms with Crippen molar-refractivity contribution in [2.75, 3.05) is 4.90 Å². The lowest BCUT2D eigenvalue weighted by molar-refractivity contribution is 0.992. The third-order valence-electron chi connectivity index (χ3n) is 6.41. The highest BCUT2D eigenvalue weighted by Crippen LogP contribution is 2.37. The molecule has 5 aromatic rings. The zero-order valence-electron chi connectivity index (χ0n) is 18.4. The summed E-state index contributed by atoms with van der Waals surface area (Å²) in [4.78, 5) is 5.79. The monoisotopic (exact) mass is 480 g/mol. The number of aromatic nitrogens is 1. The first-order chi connectivity index (χ1) is 16.7. The van der Waals surface area contributed by atoms with Gasteiger partial charge in [-0.15, -0.1) is 0 Å². The largest absolute Gasteiger partial charge is 0.355 e. The number of nitrogens with one attached hydrogen (secondary N) is 1. The number of fused-ring (bicyclic) bond motifs is 3. The van der Waals surface area contributed by atoms with Gasteiger partial charge in [-0.2, -0.15) is 0 Å². The quantitative estimate of drug-likeness (QED) is 0.271. The van der Waals surface area contributed by atoms with Crippen molar-refractivity contribution in [2.24, 2.45) is 0 Å². The molecule has 1 N–H and O–H groups in total. The van der Waals surface area contributed by atoms with Gasteiger partial charge in [-0.1, -0.05) is 53.5 Å². The summed E-state index contributed by atoms with van der Waals surface area (Å²) in [6.45, 7) is 0. The molecular formula is C30H22Cl2N2. The Morgan fingerprint density at radius 1 is 0.647 bits per heavy atom. The third-order valence-corrected chi connectivity index (χ3v) is 6.92. The lowest BCUT2D eigenvalue weighted by Crippen LogP contribution is -2.09. The van der Waals surface area contributed by atoms with E-state index < -0.39 is 0 Å². The molecule has 4 heteroatoms. The fourth-order valence-corrected chi connectivity index (χ4v) is 4.98. The predicted octanol–water partition coefficient (Wildman–Crippen LogP) is 9.57. The third kappa shape index (κ3) is 3.90. The van der Waals surface area contributed by atoms with E-state index in [1.165, 1.54) is 33.3 Å². The zero-order valence-corrected chi connectivity index (χ0v) is 19.9. The van der Waals surface area contributed by atoms with Gasteiger partial charge >= 0.3 is 0 Å². The SMILES string of the molecule is Clc1ccc(N(c2ccc(Cl)cc2)c2ccc(-c3ccc4c5c([nH]c4c3)C=CCC5)cc2)cc1. The first kappa shape index (κ1) is 21.1. The Bertz CT molecular complexity index is 1450. The Kier molecular flexibility index (Phi) is 5.41. The molecule has 0 spiro atoms. The van der Waals surface area contributed by atoms with E-state index in [0.29, 0.717) is 10.0 Å². The Hall–Kier alpha value is -3.46. The first-order valence-electron chi connectivity index (χ1n) is 11.4. The molecule has 166 valence electrons. The summed E-state index contributed by atoms with van der Waals surface area (Å²) < 4.78 is 0. The van der Waals surface area contributed by atoms with Gasteiger partial charge in [-0.05, 0) is 102 Å². The average Bonchev–Trinajstić information content (AvgIpc) is 3.25. The number of nitrogens with zero attached hydrogens (tertiary/aromatic N) is 1. The van der Waals surface area contributed by atoms with Crippen LogP contribution in [0.4, 0.5) is 17.1 Å². The molecule has 0 saturated carbocycles. The smallest absolute Gasteiger partial charge is 0.0467 e. The van der Waals surface area contributed by atoms with Crippen LogP contribution in [0, 0.1) is 0 Å². The highest BCUT2D eigenvalue weighted by Gasteiger charge is 2.15. The molecule has 0 aliphatic heterocycles. The second-order valence-corrected chi connectivity index (χ2v) is 9.43. The first-order valence-corrected chi connectivity index (χ1v) is 12.1. The van der Waals surface area contributed by atoms with Crippen molar-refractivity contribution in [1.29, 1.82) is 0 Å². The normalized spacial score (nSPS) is 12.6. The maximum absolute atomic E-state index is 6.15. The molecular weight excluding hydrogens is 459 g/mol. The number of hydrogen-bond donors (Lipinski definition) is 1. The maximum atomic E-state index is 6.15. The van der Waals surface area contributed by atoms with Gasteiger partial charge in [-0.25, -0.2) is 0 Å². The molecule has 0 saturated heterocycles. The molecule has 6 rings (SSSR count). The van der Waals surface area contributed by atoms with Crippen LogP contribution in [0.15, 0.2) is 97.1 Å². The van der Waals surface area contributed by atoms with Crippen LogP contribution in [0.25, 0.3) is 28.1 Å². The van der Waals surface area contributed by atoms with Crippen LogP contribution in [-0.2, 0) is 6.42 Å². The lowest BCUT2D eigenvalue weighted by atomic mass is 9.98. The van der Waals surface area contributed by atoms with Gasteiger partial charge in [0.1, 0.15) is 0 Å². The maximum Gasteiger partial charge on any atom is 0.0467 e. The van der Waals surface area contributed by atoms with Crippen LogP contribution >= 0.6 is 23.2 Å². The van der Waals surface area contributed by atoms with Crippen LogP contribution in [-0.4, -0.2) is 4.98 Å². The van der Waals surface area contributed by atoms with E-state index in [2.05, 4.69) is 64.5 Å². The number of halogens is 2. The summed E-state index contributed by atoms with van der Waals surface area (Å²) in [6.07, 6.45) is 6.66. The van der Waals surface area contributed by atoms with Crippen molar-refractivity contribution >= 4 is 57.2 Å². The van der Waals surface area contributed by atoms with Gasteiger partial charge < -0.3 is 9.88 Å². The van der Waals surface area contributed by atoms with Crippen molar-refractivity contribution in [2.45, 2.75) is 12.8 Å². The summed E-state index contributed by atoms with van der Waals surface area (Å²) in [7, 11) is 0. The lowest BCUT2D eigenvalue weighted by Gasteiger charge is -2.25. The van der Waals surface area contributed by atoms with Crippen molar-refractivity contribution < 1.29 is 0 Å². The van der Waals surface area contributed by atoms with Crippen molar-refractivity contribution in [1.82, 2.24) is 4.98 Å². The van der Waals surface area contributed by atoms with Crippen LogP contribution in [0.5, 0.6) is 0 Å². The predicted molar refractivity (Wildman–Crippen MR) is 146 cm³/mol. The standard InChI is InChI=1S/C30H22Cl2N2/c31-22-8-14-25(15-9-22)34(26-16-10-23(32)11-17-26)24-12-5-20(6-13-24)21-7-18-28-27-3-1-2-4-29(27)33-30(28)19-21/h2,4-19,33H,1,3H2. The molecule has 1 aromatic heterocycles. The highest BCUT2D eigenvalue weighted by molar-refractivity contribution is 6.31. The van der Waals surface area contributed by atoms with Gasteiger partial charge in [0.15, 0.2) is 0 Å². The number of aryl methyl sites for hydroxylation is 1. The molecule has 1 heterocycles. The van der Waals surface area contributed by atoms with Crippen LogP contribution < -0.4 is 4.90 Å². The van der Waals surface area contributed by atoms with Gasteiger partial charge in [0.25, 0.3) is 0 Å². The molecule has 0 unspecified atom stereocenters. The minimum atomic E-state index is 0.715. The number of aromatic amines is 1. The van der Waals surface area contributed by atoms with Gasteiger partial charge in [0, 0.05) is 43.7 Å². The molecule has 0 fully saturated rings. The Labute approximate surface area is 209 Å². The summed E-state index contributed by atoms with van der Waals surface area (Å²) in [5.74, 6) is 0. The Balaban J connectivity index is 1.38. The van der Waals surface area contributed by atoms with E-state index >= 15 is 0 Å². The molecule has 0 atom stereocenters. The van der Waals surface area contributed by atoms with Crippen molar-refractivity contribution in [3.8, 4) is 11.1 Å². The zero-order chi connectivity index (χ0) is 23.1. The molecule has 4 aromatic carbocycles. The molecule has 2 nitrogen and oxygen atoms in total. The molecule has 0 radical (unpaired) electrons. The minimum absolute atomic E-state index is 0.715. The van der Waals surface area contributed by atoms with E-state index in [0.717, 1.165) is 29.9 Å². The van der Waals surface area contributed by atoms with E-state index in [4.69, 9.17) is 23.2 Å². The van der Waals surface area contributed by atoms with Gasteiger partial charge in [0.2, 0.25) is 0 Å². The average molecular weight is 481 g/mol. The number of anilines is 3. The molecule has 0 amide bonds. The second-order valence-electron chi connectivity index (χ2n) is 8.55. The van der Waals surface area contributed by atoms with Crippen LogP contribution in [0.1, 0.15) is 17.7 Å². The van der Waals surface area contributed by atoms with Crippen LogP contribution in [0.3, 0.4) is 0 Å².